The SMILES string of the molecule is CC(=O)Nc1ccc(C(=O)CBr)cc1.Cc1ccc(C(=O)CBr)cc1.Nc1ccc(C(=O)CBr)cc1.O=S(=O)(O)O.O=S(=O)(OS(=O)(=O)C(F)(F)F)C(F)(F)F. The van der Waals surface area contributed by atoms with Gasteiger partial charge in [-0.3, -0.25) is 28.3 Å². The highest BCUT2D eigenvalue weighted by Crippen LogP contribution is 2.32. The van der Waals surface area contributed by atoms with Crippen LogP contribution >= 0.6 is 47.8 Å². The predicted molar refractivity (Wildman–Crippen MR) is 202 cm³/mol. The quantitative estimate of drug-likeness (QED) is 0.0435. The Balaban J connectivity index is 0. The number of aryl methyl sites for hydroxylation is 1. The number of anilines is 2. The van der Waals surface area contributed by atoms with Crippen molar-refractivity contribution in [2.75, 3.05) is 27.0 Å². The molecule has 0 radical (unpaired) electrons. The Morgan fingerprint density at radius 1 is 0.625 bits per heavy atom. The molecule has 56 heavy (non-hydrogen) atoms. The van der Waals surface area contributed by atoms with Crippen LogP contribution in [0, 0.1) is 6.92 Å². The summed E-state index contributed by atoms with van der Waals surface area (Å²) < 4.78 is 142. The summed E-state index contributed by atoms with van der Waals surface area (Å²) in [7, 11) is -18.4. The van der Waals surface area contributed by atoms with Crippen molar-refractivity contribution in [1.82, 2.24) is 0 Å². The van der Waals surface area contributed by atoms with Crippen LogP contribution in [-0.4, -0.2) is 84.6 Å². The molecular formula is C29H29Br3F6N2O13S3. The van der Waals surface area contributed by atoms with Gasteiger partial charge < -0.3 is 11.1 Å². The van der Waals surface area contributed by atoms with Gasteiger partial charge in [-0.25, -0.2) is 0 Å². The van der Waals surface area contributed by atoms with E-state index in [4.69, 9.17) is 23.3 Å². The fourth-order valence-corrected chi connectivity index (χ4v) is 5.31. The molecule has 5 N–H and O–H groups in total. The van der Waals surface area contributed by atoms with E-state index in [9.17, 15) is 62.4 Å². The Hall–Kier alpha value is -3.31. The van der Waals surface area contributed by atoms with Gasteiger partial charge in [0.05, 0.1) is 16.0 Å². The van der Waals surface area contributed by atoms with Crippen molar-refractivity contribution in [2.45, 2.75) is 24.9 Å². The summed E-state index contributed by atoms with van der Waals surface area (Å²) in [5.74, 6) is 0.110. The van der Waals surface area contributed by atoms with Crippen LogP contribution in [0.2, 0.25) is 0 Å². The van der Waals surface area contributed by atoms with Crippen molar-refractivity contribution < 1.29 is 83.5 Å². The molecule has 0 fully saturated rings. The molecule has 0 unspecified atom stereocenters. The maximum atomic E-state index is 11.4. The van der Waals surface area contributed by atoms with Crippen molar-refractivity contribution >= 4 is 113 Å². The van der Waals surface area contributed by atoms with Crippen molar-refractivity contribution in [3.63, 3.8) is 0 Å². The molecule has 0 heterocycles. The molecule has 0 bridgehead atoms. The lowest BCUT2D eigenvalue weighted by Gasteiger charge is -2.09. The van der Waals surface area contributed by atoms with Gasteiger partial charge in [-0.1, -0.05) is 77.6 Å². The Bertz CT molecular complexity index is 1980. The number of amides is 1. The summed E-state index contributed by atoms with van der Waals surface area (Å²) >= 11 is 9.30. The second-order valence-corrected chi connectivity index (χ2v) is 15.6. The largest absolute Gasteiger partial charge is 0.524 e. The first-order valence-electron chi connectivity index (χ1n) is 13.9. The van der Waals surface area contributed by atoms with Crippen LogP contribution in [0.4, 0.5) is 37.7 Å². The number of nitrogen functional groups attached to an aromatic ring is 1. The van der Waals surface area contributed by atoms with Crippen LogP contribution in [0.3, 0.4) is 0 Å². The number of ketones is 3. The average molecular weight is 1060 g/mol. The topological polar surface area (TPSA) is 258 Å². The standard InChI is InChI=1S/C10H10BrNO2.C9H9BrO.C8H8BrNO.C2F6O5S2.H2O4S/c1-7(13)12-9-4-2-8(3-5-9)10(14)6-11;1-7-2-4-8(5-3-7)9(11)6-10;9-5-8(11)6-1-3-7(10)4-2-6;3-1(4,5)14(9,10)13-15(11,12)2(6,7)8;1-5(2,3)4/h2-5H,6H2,1H3,(H,12,13);2-5H,6H2,1H3;1-4H,5,10H2;;(H2,1,2,3,4). The maximum absolute atomic E-state index is 11.4. The molecule has 0 spiro atoms. The average Bonchev–Trinajstić information content (AvgIpc) is 3.06. The van der Waals surface area contributed by atoms with E-state index in [-0.39, 0.29) is 23.3 Å². The van der Waals surface area contributed by atoms with E-state index < -0.39 is 41.7 Å². The lowest BCUT2D eigenvalue weighted by molar-refractivity contribution is -0.114. The Kier molecular flexibility index (Phi) is 23.9. The fraction of sp³-hybridized carbons (Fsp3) is 0.241. The van der Waals surface area contributed by atoms with Crippen molar-refractivity contribution in [3.05, 3.63) is 95.1 Å². The Morgan fingerprint density at radius 3 is 1.14 bits per heavy atom. The first-order valence-corrected chi connectivity index (χ1v) is 21.5. The van der Waals surface area contributed by atoms with Gasteiger partial charge in [-0.15, -0.1) is 3.63 Å². The molecular weight excluding hydrogens is 1030 g/mol. The lowest BCUT2D eigenvalue weighted by atomic mass is 10.1. The second kappa shape index (κ2) is 24.5. The number of rotatable bonds is 9. The van der Waals surface area contributed by atoms with Crippen LogP contribution in [-0.2, 0) is 39.1 Å². The lowest BCUT2D eigenvalue weighted by Crippen LogP contribution is -2.34. The maximum Gasteiger partial charge on any atom is 0.524 e. The van der Waals surface area contributed by atoms with E-state index in [0.29, 0.717) is 38.5 Å². The van der Waals surface area contributed by atoms with E-state index >= 15 is 0 Å². The number of hydrogen-bond donors (Lipinski definition) is 4. The minimum Gasteiger partial charge on any atom is -0.399 e. The van der Waals surface area contributed by atoms with E-state index in [1.165, 1.54) is 12.5 Å². The van der Waals surface area contributed by atoms with Crippen LogP contribution in [0.15, 0.2) is 72.8 Å². The number of Topliss-reactive ketones (excluding diaryl/α,β-unsaturated/α-hetero) is 3. The minimum absolute atomic E-state index is 0.0272. The van der Waals surface area contributed by atoms with Crippen molar-refractivity contribution in [1.29, 1.82) is 0 Å². The molecule has 0 aromatic heterocycles. The molecule has 0 aliphatic carbocycles. The minimum atomic E-state index is -6.85. The monoisotopic (exact) mass is 1060 g/mol. The predicted octanol–water partition coefficient (Wildman–Crippen LogP) is 6.69. The highest BCUT2D eigenvalue weighted by Gasteiger charge is 2.57. The van der Waals surface area contributed by atoms with Crippen LogP contribution in [0.25, 0.3) is 0 Å². The zero-order valence-corrected chi connectivity index (χ0v) is 35.3. The van der Waals surface area contributed by atoms with Crippen LogP contribution in [0.5, 0.6) is 0 Å². The fourth-order valence-electron chi connectivity index (χ4n) is 2.78. The first kappa shape index (κ1) is 54.8. The van der Waals surface area contributed by atoms with Crippen molar-refractivity contribution in [3.8, 4) is 0 Å². The summed E-state index contributed by atoms with van der Waals surface area (Å²) in [6, 6.07) is 21.2. The normalized spacial score (nSPS) is 11.3. The summed E-state index contributed by atoms with van der Waals surface area (Å²) in [6.07, 6.45) is 0. The van der Waals surface area contributed by atoms with Gasteiger partial charge in [0.25, 0.3) is 0 Å². The van der Waals surface area contributed by atoms with Crippen LogP contribution < -0.4 is 11.1 Å². The molecule has 0 saturated heterocycles. The van der Waals surface area contributed by atoms with Gasteiger partial charge >= 0.3 is 41.7 Å². The van der Waals surface area contributed by atoms with Gasteiger partial charge in [0.1, 0.15) is 0 Å². The number of alkyl halides is 9. The number of halogens is 9. The summed E-state index contributed by atoms with van der Waals surface area (Å²) in [4.78, 5) is 44.0. The number of carbonyl (C=O) groups excluding carboxylic acids is 4. The van der Waals surface area contributed by atoms with Gasteiger partial charge in [-0.2, -0.15) is 51.6 Å². The molecule has 3 aromatic rings. The molecule has 3 rings (SSSR count). The number of nitrogens with one attached hydrogen (secondary N) is 1. The second-order valence-electron chi connectivity index (χ2n) is 9.73. The van der Waals surface area contributed by atoms with Gasteiger partial charge in [-0.05, 0) is 55.5 Å². The first-order chi connectivity index (χ1) is 25.3. The summed E-state index contributed by atoms with van der Waals surface area (Å²) in [6.45, 7) is 3.44. The molecule has 0 atom stereocenters. The smallest absolute Gasteiger partial charge is 0.399 e. The van der Waals surface area contributed by atoms with E-state index in [1.807, 2.05) is 34.8 Å². The Morgan fingerprint density at radius 2 is 0.893 bits per heavy atom. The van der Waals surface area contributed by atoms with Gasteiger partial charge in [0.2, 0.25) is 5.91 Å². The van der Waals surface area contributed by atoms with E-state index in [1.54, 1.807) is 48.5 Å². The summed E-state index contributed by atoms with van der Waals surface area (Å²) in [5.41, 5.74) is -2.42. The van der Waals surface area contributed by atoms with Crippen LogP contribution in [0.1, 0.15) is 43.6 Å². The third-order valence-corrected chi connectivity index (χ3v) is 9.34. The summed E-state index contributed by atoms with van der Waals surface area (Å²) in [5, 5.41) is 3.70. The third-order valence-electron chi connectivity index (χ3n) is 5.24. The molecule has 314 valence electrons. The van der Waals surface area contributed by atoms with E-state index in [2.05, 4.69) is 53.1 Å². The number of nitrogens with two attached hydrogens (primary N) is 1. The highest BCUT2D eigenvalue weighted by molar-refractivity contribution is 9.09. The zero-order valence-electron chi connectivity index (χ0n) is 28.1. The molecule has 3 aromatic carbocycles. The molecule has 0 aliphatic rings. The Labute approximate surface area is 341 Å². The number of hydrogen-bond acceptors (Lipinski definition) is 12. The third kappa shape index (κ3) is 23.7. The van der Waals surface area contributed by atoms with Gasteiger partial charge in [0.15, 0.2) is 17.3 Å². The highest BCUT2D eigenvalue weighted by atomic mass is 79.9. The molecule has 0 saturated carbocycles. The number of benzene rings is 3. The molecule has 15 nitrogen and oxygen atoms in total. The van der Waals surface area contributed by atoms with Crippen molar-refractivity contribution in [2.24, 2.45) is 0 Å². The number of carbonyl (C=O) groups is 4. The van der Waals surface area contributed by atoms with Gasteiger partial charge in [0, 0.05) is 35.0 Å². The van der Waals surface area contributed by atoms with E-state index in [0.717, 1.165) is 5.56 Å². The molecule has 27 heteroatoms. The molecule has 1 amide bonds. The zero-order chi connectivity index (χ0) is 44.3. The molecule has 0 aliphatic heterocycles.